The van der Waals surface area contributed by atoms with Crippen LogP contribution in [0.15, 0.2) is 30.3 Å². The van der Waals surface area contributed by atoms with Crippen molar-refractivity contribution in [3.63, 3.8) is 0 Å². The average molecular weight is 303 g/mol. The van der Waals surface area contributed by atoms with Crippen LogP contribution >= 0.6 is 11.8 Å². The molecule has 1 rings (SSSR count). The van der Waals surface area contributed by atoms with Crippen LogP contribution in [0, 0.1) is 0 Å². The molecule has 0 heterocycles. The van der Waals surface area contributed by atoms with E-state index in [2.05, 4.69) is 5.32 Å². The van der Waals surface area contributed by atoms with Gasteiger partial charge in [0.2, 0.25) is 0 Å². The first-order valence-electron chi connectivity index (χ1n) is 6.59. The molecule has 5 N–H and O–H groups in total. The number of thioether (sulfide) groups is 1. The molecular weight excluding hydrogens is 278 g/mol. The minimum Gasteiger partial charge on any atom is -0.396 e. The number of benzene rings is 1. The monoisotopic (exact) mass is 303 g/mol. The largest absolute Gasteiger partial charge is 0.396 e. The average Bonchev–Trinajstić information content (AvgIpc) is 2.50. The number of hydrogen-bond acceptors (Lipinski definition) is 6. The number of aliphatic hydroxyl groups excluding tert-OH is 4. The van der Waals surface area contributed by atoms with E-state index >= 15 is 0 Å². The van der Waals surface area contributed by atoms with Gasteiger partial charge in [-0.25, -0.2) is 0 Å². The van der Waals surface area contributed by atoms with Gasteiger partial charge in [0.25, 0.3) is 0 Å². The van der Waals surface area contributed by atoms with Crippen molar-refractivity contribution < 1.29 is 20.4 Å². The summed E-state index contributed by atoms with van der Waals surface area (Å²) in [6.07, 6.45) is 0. The highest BCUT2D eigenvalue weighted by Gasteiger charge is 2.07. The molecule has 1 aromatic carbocycles. The molecule has 0 aromatic heterocycles. The summed E-state index contributed by atoms with van der Waals surface area (Å²) in [4.78, 5) is 0. The minimum atomic E-state index is -0.0756. The van der Waals surface area contributed by atoms with Crippen molar-refractivity contribution in [3.8, 4) is 0 Å². The van der Waals surface area contributed by atoms with Crippen molar-refractivity contribution in [2.75, 3.05) is 44.5 Å². The van der Waals surface area contributed by atoms with E-state index in [0.29, 0.717) is 6.54 Å². The lowest BCUT2D eigenvalue weighted by Crippen LogP contribution is -2.26. The molecule has 0 fully saturated rings. The topological polar surface area (TPSA) is 93.0 Å². The molecule has 1 atom stereocenters. The van der Waals surface area contributed by atoms with E-state index in [1.54, 1.807) is 11.8 Å². The van der Waals surface area contributed by atoms with E-state index in [1.807, 2.05) is 30.3 Å². The lowest BCUT2D eigenvalue weighted by Gasteiger charge is -2.15. The van der Waals surface area contributed by atoms with Gasteiger partial charge in [-0.3, -0.25) is 0 Å². The number of nitrogens with one attached hydrogen (secondary N) is 1. The Morgan fingerprint density at radius 3 is 1.95 bits per heavy atom. The molecule has 0 aliphatic carbocycles. The van der Waals surface area contributed by atoms with Crippen molar-refractivity contribution in [2.24, 2.45) is 0 Å². The molecule has 116 valence electrons. The second kappa shape index (κ2) is 14.8. The van der Waals surface area contributed by atoms with Crippen molar-refractivity contribution in [2.45, 2.75) is 6.04 Å². The Morgan fingerprint density at radius 2 is 1.50 bits per heavy atom. The Balaban J connectivity index is 0.000000441. The molecule has 0 saturated carbocycles. The first kappa shape index (κ1) is 19.4. The summed E-state index contributed by atoms with van der Waals surface area (Å²) < 4.78 is 0. The van der Waals surface area contributed by atoms with E-state index in [9.17, 15) is 0 Å². The Labute approximate surface area is 124 Å². The molecule has 0 saturated heterocycles. The summed E-state index contributed by atoms with van der Waals surface area (Å²) in [5.74, 6) is 1.47. The molecule has 20 heavy (non-hydrogen) atoms. The second-order valence-electron chi connectivity index (χ2n) is 3.88. The summed E-state index contributed by atoms with van der Waals surface area (Å²) >= 11 is 1.55. The molecule has 5 nitrogen and oxygen atoms in total. The maximum atomic E-state index is 9.06. The van der Waals surface area contributed by atoms with E-state index in [-0.39, 0.29) is 32.5 Å². The molecule has 0 bridgehead atoms. The quantitative estimate of drug-likeness (QED) is 0.413. The van der Waals surface area contributed by atoms with Crippen LogP contribution in [0.2, 0.25) is 0 Å². The zero-order chi connectivity index (χ0) is 15.1. The standard InChI is InChI=1S/C10H15NO2.C4H10O2S/c12-7-6-11-10(8-13)9-4-2-1-3-5-9;5-1-3-7-4-2-6/h1-5,10-13H,6-8H2;5-6H,1-4H2. The maximum Gasteiger partial charge on any atom is 0.0626 e. The SMILES string of the molecule is OCCNC(CO)c1ccccc1.OCCSCCO. The van der Waals surface area contributed by atoms with Crippen molar-refractivity contribution in [3.05, 3.63) is 35.9 Å². The summed E-state index contributed by atoms with van der Waals surface area (Å²) in [5, 5.41) is 37.1. The van der Waals surface area contributed by atoms with Gasteiger partial charge in [0.05, 0.1) is 32.5 Å². The van der Waals surface area contributed by atoms with Gasteiger partial charge < -0.3 is 25.7 Å². The van der Waals surface area contributed by atoms with E-state index in [0.717, 1.165) is 17.1 Å². The van der Waals surface area contributed by atoms with Gasteiger partial charge in [0, 0.05) is 18.1 Å². The van der Waals surface area contributed by atoms with Crippen LogP contribution in [0.5, 0.6) is 0 Å². The van der Waals surface area contributed by atoms with E-state index in [1.165, 1.54) is 0 Å². The van der Waals surface area contributed by atoms with Crippen LogP contribution in [-0.2, 0) is 0 Å². The maximum absolute atomic E-state index is 9.06. The molecule has 6 heteroatoms. The number of aliphatic hydroxyl groups is 4. The van der Waals surface area contributed by atoms with Crippen LogP contribution in [0.1, 0.15) is 11.6 Å². The molecule has 1 unspecified atom stereocenters. The third-order valence-electron chi connectivity index (χ3n) is 2.36. The summed E-state index contributed by atoms with van der Waals surface area (Å²) in [6.45, 7) is 1.06. The van der Waals surface area contributed by atoms with E-state index in [4.69, 9.17) is 20.4 Å². The molecule has 0 spiro atoms. The highest BCUT2D eigenvalue weighted by atomic mass is 32.2. The van der Waals surface area contributed by atoms with Crippen LogP contribution < -0.4 is 5.32 Å². The third kappa shape index (κ3) is 10.2. The Hall–Kier alpha value is -0.630. The summed E-state index contributed by atoms with van der Waals surface area (Å²) in [7, 11) is 0. The van der Waals surface area contributed by atoms with Gasteiger partial charge >= 0.3 is 0 Å². The van der Waals surface area contributed by atoms with Crippen molar-refractivity contribution in [1.29, 1.82) is 0 Å². The predicted octanol–water partition coefficient (Wildman–Crippen LogP) is 0.00610. The molecule has 0 radical (unpaired) electrons. The molecular formula is C14H25NO4S. The number of rotatable bonds is 9. The summed E-state index contributed by atoms with van der Waals surface area (Å²) in [6, 6.07) is 9.62. The van der Waals surface area contributed by atoms with Crippen LogP contribution in [-0.4, -0.2) is 64.9 Å². The highest BCUT2D eigenvalue weighted by molar-refractivity contribution is 7.99. The Bertz CT molecular complexity index is 296. The fraction of sp³-hybridized carbons (Fsp3) is 0.571. The zero-order valence-electron chi connectivity index (χ0n) is 11.6. The summed E-state index contributed by atoms with van der Waals surface area (Å²) in [5.41, 5.74) is 1.04. The van der Waals surface area contributed by atoms with Gasteiger partial charge in [-0.1, -0.05) is 30.3 Å². The smallest absolute Gasteiger partial charge is 0.0626 e. The molecule has 0 aliphatic rings. The lowest BCUT2D eigenvalue weighted by atomic mass is 10.1. The highest BCUT2D eigenvalue weighted by Crippen LogP contribution is 2.10. The molecule has 0 amide bonds. The Morgan fingerprint density at radius 1 is 0.900 bits per heavy atom. The van der Waals surface area contributed by atoms with Crippen LogP contribution in [0.3, 0.4) is 0 Å². The normalized spacial score (nSPS) is 11.6. The van der Waals surface area contributed by atoms with Gasteiger partial charge in [0.15, 0.2) is 0 Å². The van der Waals surface area contributed by atoms with Crippen molar-refractivity contribution in [1.82, 2.24) is 5.32 Å². The first-order valence-corrected chi connectivity index (χ1v) is 7.75. The lowest BCUT2D eigenvalue weighted by molar-refractivity contribution is 0.227. The van der Waals surface area contributed by atoms with Crippen molar-refractivity contribution >= 4 is 11.8 Å². The fourth-order valence-corrected chi connectivity index (χ4v) is 1.91. The van der Waals surface area contributed by atoms with Gasteiger partial charge in [0.1, 0.15) is 0 Å². The Kier molecular flexibility index (Phi) is 14.3. The second-order valence-corrected chi connectivity index (χ2v) is 5.11. The first-order chi connectivity index (χ1) is 9.79. The number of hydrogen-bond donors (Lipinski definition) is 5. The molecule has 0 aliphatic heterocycles. The van der Waals surface area contributed by atoms with Gasteiger partial charge in [-0.2, -0.15) is 11.8 Å². The van der Waals surface area contributed by atoms with E-state index < -0.39 is 0 Å². The third-order valence-corrected chi connectivity index (χ3v) is 3.30. The zero-order valence-corrected chi connectivity index (χ0v) is 12.4. The fourth-order valence-electron chi connectivity index (χ4n) is 1.44. The van der Waals surface area contributed by atoms with Crippen LogP contribution in [0.4, 0.5) is 0 Å². The molecule has 1 aromatic rings. The van der Waals surface area contributed by atoms with Gasteiger partial charge in [-0.05, 0) is 5.56 Å². The predicted molar refractivity (Wildman–Crippen MR) is 82.9 cm³/mol. The van der Waals surface area contributed by atoms with Gasteiger partial charge in [-0.15, -0.1) is 0 Å². The minimum absolute atomic E-state index is 0.0456. The van der Waals surface area contributed by atoms with Crippen LogP contribution in [0.25, 0.3) is 0 Å².